The van der Waals surface area contributed by atoms with Gasteiger partial charge in [0.05, 0.1) is 6.54 Å². The zero-order valence-electron chi connectivity index (χ0n) is 15.4. The van der Waals surface area contributed by atoms with E-state index in [1.807, 2.05) is 0 Å². The van der Waals surface area contributed by atoms with E-state index in [9.17, 15) is 4.79 Å². The minimum atomic E-state index is 0.380. The number of carbonyl (C=O) groups is 1. The SMILES string of the molecule is CC1CCCC(CC(=O)N2CCC(c3nnc4n3CCNC4)CC2)C1. The predicted molar refractivity (Wildman–Crippen MR) is 96.0 cm³/mol. The maximum absolute atomic E-state index is 12.7. The Bertz CT molecular complexity index is 605. The van der Waals surface area contributed by atoms with E-state index in [4.69, 9.17) is 0 Å². The summed E-state index contributed by atoms with van der Waals surface area (Å²) in [6, 6.07) is 0. The number of hydrogen-bond donors (Lipinski definition) is 1. The molecule has 0 aromatic carbocycles. The number of piperidine rings is 1. The summed E-state index contributed by atoms with van der Waals surface area (Å²) in [4.78, 5) is 14.8. The lowest BCUT2D eigenvalue weighted by Gasteiger charge is -2.34. The van der Waals surface area contributed by atoms with E-state index in [-0.39, 0.29) is 0 Å². The normalized spacial score (nSPS) is 28.0. The van der Waals surface area contributed by atoms with Crippen LogP contribution in [0.25, 0.3) is 0 Å². The fraction of sp³-hybridized carbons (Fsp3) is 0.842. The Morgan fingerprint density at radius 2 is 2.00 bits per heavy atom. The topological polar surface area (TPSA) is 63.1 Å². The largest absolute Gasteiger partial charge is 0.343 e. The number of likely N-dealkylation sites (tertiary alicyclic amines) is 1. The molecule has 1 aliphatic carbocycles. The summed E-state index contributed by atoms with van der Waals surface area (Å²) in [6.07, 6.45) is 7.94. The highest BCUT2D eigenvalue weighted by Crippen LogP contribution is 2.32. The highest BCUT2D eigenvalue weighted by Gasteiger charge is 2.30. The zero-order valence-corrected chi connectivity index (χ0v) is 15.4. The number of fused-ring (bicyclic) bond motifs is 1. The molecular formula is C19H31N5O. The Balaban J connectivity index is 1.31. The van der Waals surface area contributed by atoms with Gasteiger partial charge in [-0.2, -0.15) is 0 Å². The fourth-order valence-corrected chi connectivity index (χ4v) is 4.92. The zero-order chi connectivity index (χ0) is 17.2. The van der Waals surface area contributed by atoms with Gasteiger partial charge in [-0.3, -0.25) is 4.79 Å². The molecule has 1 saturated heterocycles. The van der Waals surface area contributed by atoms with Gasteiger partial charge in [-0.15, -0.1) is 10.2 Å². The molecule has 1 aromatic heterocycles. The van der Waals surface area contributed by atoms with Crippen LogP contribution in [0.1, 0.15) is 69.4 Å². The minimum Gasteiger partial charge on any atom is -0.343 e. The quantitative estimate of drug-likeness (QED) is 0.913. The number of carbonyl (C=O) groups excluding carboxylic acids is 1. The van der Waals surface area contributed by atoms with Crippen molar-refractivity contribution < 1.29 is 4.79 Å². The average molecular weight is 345 g/mol. The van der Waals surface area contributed by atoms with Gasteiger partial charge in [0.1, 0.15) is 11.6 Å². The molecule has 0 bridgehead atoms. The van der Waals surface area contributed by atoms with Crippen LogP contribution in [-0.4, -0.2) is 45.2 Å². The van der Waals surface area contributed by atoms with Gasteiger partial charge < -0.3 is 14.8 Å². The fourth-order valence-electron chi connectivity index (χ4n) is 4.92. The van der Waals surface area contributed by atoms with E-state index < -0.39 is 0 Å². The Morgan fingerprint density at radius 3 is 2.80 bits per heavy atom. The first kappa shape index (κ1) is 17.0. The van der Waals surface area contributed by atoms with E-state index in [1.165, 1.54) is 25.7 Å². The highest BCUT2D eigenvalue weighted by atomic mass is 16.2. The highest BCUT2D eigenvalue weighted by molar-refractivity contribution is 5.76. The molecule has 1 saturated carbocycles. The van der Waals surface area contributed by atoms with Crippen molar-refractivity contribution in [3.05, 3.63) is 11.6 Å². The molecular weight excluding hydrogens is 314 g/mol. The van der Waals surface area contributed by atoms with Gasteiger partial charge in [-0.05, 0) is 37.5 Å². The minimum absolute atomic E-state index is 0.380. The summed E-state index contributed by atoms with van der Waals surface area (Å²) >= 11 is 0. The van der Waals surface area contributed by atoms with Crippen molar-refractivity contribution in [2.45, 2.75) is 70.9 Å². The molecule has 6 heteroatoms. The van der Waals surface area contributed by atoms with Gasteiger partial charge in [-0.1, -0.05) is 19.8 Å². The van der Waals surface area contributed by atoms with Crippen LogP contribution in [0.4, 0.5) is 0 Å². The van der Waals surface area contributed by atoms with E-state index in [1.54, 1.807) is 0 Å². The van der Waals surface area contributed by atoms with Gasteiger partial charge in [0.2, 0.25) is 5.91 Å². The van der Waals surface area contributed by atoms with Crippen molar-refractivity contribution in [3.8, 4) is 0 Å². The third-order valence-corrected chi connectivity index (χ3v) is 6.37. The second-order valence-electron chi connectivity index (χ2n) is 8.30. The van der Waals surface area contributed by atoms with Crippen LogP contribution in [0.3, 0.4) is 0 Å². The van der Waals surface area contributed by atoms with Crippen molar-refractivity contribution >= 4 is 5.91 Å². The molecule has 1 N–H and O–H groups in total. The van der Waals surface area contributed by atoms with E-state index in [0.717, 1.165) is 69.6 Å². The van der Waals surface area contributed by atoms with Gasteiger partial charge in [0.15, 0.2) is 0 Å². The van der Waals surface area contributed by atoms with Crippen molar-refractivity contribution in [1.29, 1.82) is 0 Å². The number of rotatable bonds is 3. The predicted octanol–water partition coefficient (Wildman–Crippen LogP) is 2.30. The van der Waals surface area contributed by atoms with Crippen molar-refractivity contribution in [3.63, 3.8) is 0 Å². The summed E-state index contributed by atoms with van der Waals surface area (Å²) in [6.45, 7) is 6.88. The van der Waals surface area contributed by atoms with Crippen LogP contribution in [0, 0.1) is 11.8 Å². The lowest BCUT2D eigenvalue weighted by Crippen LogP contribution is -2.39. The van der Waals surface area contributed by atoms with Gasteiger partial charge >= 0.3 is 0 Å². The number of amides is 1. The lowest BCUT2D eigenvalue weighted by molar-refractivity contribution is -0.133. The molecule has 4 rings (SSSR count). The maximum atomic E-state index is 12.7. The third kappa shape index (κ3) is 3.73. The van der Waals surface area contributed by atoms with E-state index in [0.29, 0.717) is 17.7 Å². The van der Waals surface area contributed by atoms with Crippen LogP contribution in [0.5, 0.6) is 0 Å². The monoisotopic (exact) mass is 345 g/mol. The van der Waals surface area contributed by atoms with Gasteiger partial charge in [0, 0.05) is 38.5 Å². The summed E-state index contributed by atoms with van der Waals surface area (Å²) in [5, 5.41) is 12.1. The number of aromatic nitrogens is 3. The maximum Gasteiger partial charge on any atom is 0.222 e. The molecule has 2 unspecified atom stereocenters. The first-order valence-corrected chi connectivity index (χ1v) is 10.1. The van der Waals surface area contributed by atoms with Crippen LogP contribution in [-0.2, 0) is 17.9 Å². The summed E-state index contributed by atoms with van der Waals surface area (Å²) < 4.78 is 2.29. The van der Waals surface area contributed by atoms with Crippen LogP contribution in [0.15, 0.2) is 0 Å². The molecule has 6 nitrogen and oxygen atoms in total. The molecule has 3 aliphatic rings. The third-order valence-electron chi connectivity index (χ3n) is 6.37. The molecule has 1 amide bonds. The molecule has 2 aliphatic heterocycles. The summed E-state index contributed by atoms with van der Waals surface area (Å²) in [7, 11) is 0. The Morgan fingerprint density at radius 1 is 1.16 bits per heavy atom. The molecule has 0 spiro atoms. The van der Waals surface area contributed by atoms with Gasteiger partial charge in [0.25, 0.3) is 0 Å². The number of nitrogens with one attached hydrogen (secondary N) is 1. The second kappa shape index (κ2) is 7.44. The molecule has 0 radical (unpaired) electrons. The van der Waals surface area contributed by atoms with Crippen LogP contribution in [0.2, 0.25) is 0 Å². The Kier molecular flexibility index (Phi) is 5.06. The summed E-state index contributed by atoms with van der Waals surface area (Å²) in [5.41, 5.74) is 0. The van der Waals surface area contributed by atoms with Crippen molar-refractivity contribution in [2.75, 3.05) is 19.6 Å². The molecule has 138 valence electrons. The molecule has 2 atom stereocenters. The molecule has 2 fully saturated rings. The Hall–Kier alpha value is -1.43. The average Bonchev–Trinajstić information content (AvgIpc) is 3.06. The number of nitrogens with zero attached hydrogens (tertiary/aromatic N) is 4. The molecule has 1 aromatic rings. The lowest BCUT2D eigenvalue weighted by atomic mass is 9.80. The number of hydrogen-bond acceptors (Lipinski definition) is 4. The summed E-state index contributed by atoms with van der Waals surface area (Å²) in [5.74, 6) is 4.45. The van der Waals surface area contributed by atoms with Gasteiger partial charge in [-0.25, -0.2) is 0 Å². The smallest absolute Gasteiger partial charge is 0.222 e. The van der Waals surface area contributed by atoms with Crippen LogP contribution >= 0.6 is 0 Å². The Labute approximate surface area is 150 Å². The molecule has 25 heavy (non-hydrogen) atoms. The van der Waals surface area contributed by atoms with E-state index in [2.05, 4.69) is 31.9 Å². The van der Waals surface area contributed by atoms with Crippen molar-refractivity contribution in [1.82, 2.24) is 25.0 Å². The second-order valence-corrected chi connectivity index (χ2v) is 8.30. The van der Waals surface area contributed by atoms with Crippen molar-refractivity contribution in [2.24, 2.45) is 11.8 Å². The standard InChI is InChI=1S/C19H31N5O/c1-14-3-2-4-15(11-14)12-18(25)23-8-5-16(6-9-23)19-22-21-17-13-20-7-10-24(17)19/h14-16,20H,2-13H2,1H3. The molecule has 3 heterocycles. The van der Waals surface area contributed by atoms with Crippen LogP contribution < -0.4 is 5.32 Å². The first-order valence-electron chi connectivity index (χ1n) is 10.1. The van der Waals surface area contributed by atoms with E-state index >= 15 is 0 Å². The first-order chi connectivity index (χ1) is 12.2.